The molecule has 0 N–H and O–H groups in total. The van der Waals surface area contributed by atoms with Crippen LogP contribution < -0.4 is 0 Å². The van der Waals surface area contributed by atoms with E-state index < -0.39 is 10.0 Å². The van der Waals surface area contributed by atoms with Crippen LogP contribution in [-0.2, 0) is 21.2 Å². The molecule has 0 amide bonds. The van der Waals surface area contributed by atoms with Crippen molar-refractivity contribution in [3.63, 3.8) is 0 Å². The van der Waals surface area contributed by atoms with Gasteiger partial charge in [-0.3, -0.25) is 0 Å². The molecule has 3 rings (SSSR count). The van der Waals surface area contributed by atoms with Crippen molar-refractivity contribution in [1.29, 1.82) is 0 Å². The van der Waals surface area contributed by atoms with Gasteiger partial charge in [-0.05, 0) is 61.5 Å². The van der Waals surface area contributed by atoms with E-state index in [2.05, 4.69) is 17.0 Å². The number of sulfonamides is 1. The molecule has 1 fully saturated rings. The number of hydrogen-bond acceptors (Lipinski definition) is 5. The normalized spacial score (nSPS) is 16.7. The summed E-state index contributed by atoms with van der Waals surface area (Å²) in [5.74, 6) is 0. The van der Waals surface area contributed by atoms with Crippen molar-refractivity contribution in [1.82, 2.24) is 9.21 Å². The first-order chi connectivity index (χ1) is 13.5. The molecule has 0 radical (unpaired) electrons. The Morgan fingerprint density at radius 1 is 1.21 bits per heavy atom. The second kappa shape index (κ2) is 10.2. The molecule has 1 aliphatic heterocycles. The first-order valence-corrected chi connectivity index (χ1v) is 12.2. The number of methoxy groups -OCH3 is 1. The van der Waals surface area contributed by atoms with E-state index in [1.807, 2.05) is 12.1 Å². The molecule has 1 aliphatic rings. The second-order valence-electron chi connectivity index (χ2n) is 6.99. The third kappa shape index (κ3) is 5.55. The lowest BCUT2D eigenvalue weighted by Crippen LogP contribution is -2.48. The second-order valence-corrected chi connectivity index (χ2v) is 10.5. The molecule has 8 heteroatoms. The number of halogens is 1. The fourth-order valence-electron chi connectivity index (χ4n) is 3.58. The first kappa shape index (κ1) is 21.7. The number of thiophene rings is 1. The summed E-state index contributed by atoms with van der Waals surface area (Å²) in [7, 11) is -1.86. The zero-order valence-corrected chi connectivity index (χ0v) is 18.5. The van der Waals surface area contributed by atoms with Gasteiger partial charge in [0.05, 0.1) is 6.61 Å². The van der Waals surface area contributed by atoms with Crippen LogP contribution in [0.2, 0.25) is 5.02 Å². The van der Waals surface area contributed by atoms with E-state index >= 15 is 0 Å². The molecule has 2 heterocycles. The highest BCUT2D eigenvalue weighted by atomic mass is 35.5. The van der Waals surface area contributed by atoms with Gasteiger partial charge in [-0.25, -0.2) is 8.42 Å². The summed E-state index contributed by atoms with van der Waals surface area (Å²) in [5, 5.41) is 2.56. The highest BCUT2D eigenvalue weighted by molar-refractivity contribution is 7.91. The summed E-state index contributed by atoms with van der Waals surface area (Å²) >= 11 is 7.22. The van der Waals surface area contributed by atoms with Crippen molar-refractivity contribution < 1.29 is 13.2 Å². The molecule has 0 atom stereocenters. The number of hydrogen-bond donors (Lipinski definition) is 0. The standard InChI is InChI=1S/C20H27ClN2O3S2/c1-26-15-14-23(28(24,25)20-3-2-16-27-20)19-9-12-22(13-10-19)11-8-17-4-6-18(21)7-5-17/h2-7,16,19H,8-15H2,1H3. The average Bonchev–Trinajstić information content (AvgIpc) is 3.24. The van der Waals surface area contributed by atoms with E-state index in [9.17, 15) is 8.42 Å². The Kier molecular flexibility index (Phi) is 7.91. The van der Waals surface area contributed by atoms with Crippen molar-refractivity contribution in [3.05, 3.63) is 52.4 Å². The SMILES string of the molecule is COCCN(C1CCN(CCc2ccc(Cl)cc2)CC1)S(=O)(=O)c1cccs1. The van der Waals surface area contributed by atoms with Gasteiger partial charge in [0.1, 0.15) is 4.21 Å². The van der Waals surface area contributed by atoms with Crippen LogP contribution >= 0.6 is 22.9 Å². The minimum atomic E-state index is -3.47. The Balaban J connectivity index is 1.58. The molecule has 28 heavy (non-hydrogen) atoms. The van der Waals surface area contributed by atoms with Crippen LogP contribution in [0.3, 0.4) is 0 Å². The van der Waals surface area contributed by atoms with Gasteiger partial charge in [0.2, 0.25) is 0 Å². The topological polar surface area (TPSA) is 49.9 Å². The lowest BCUT2D eigenvalue weighted by molar-refractivity contribution is 0.128. The maximum Gasteiger partial charge on any atom is 0.252 e. The van der Waals surface area contributed by atoms with Crippen LogP contribution in [0.1, 0.15) is 18.4 Å². The smallest absolute Gasteiger partial charge is 0.252 e. The predicted molar refractivity (Wildman–Crippen MR) is 115 cm³/mol. The average molecular weight is 443 g/mol. The molecule has 0 bridgehead atoms. The number of ether oxygens (including phenoxy) is 1. The Labute approximate surface area is 176 Å². The number of benzene rings is 1. The summed E-state index contributed by atoms with van der Waals surface area (Å²) in [5.41, 5.74) is 1.27. The van der Waals surface area contributed by atoms with Crippen LogP contribution in [-0.4, -0.2) is 63.6 Å². The molecule has 0 aliphatic carbocycles. The fraction of sp³-hybridized carbons (Fsp3) is 0.500. The molecular formula is C20H27ClN2O3S2. The van der Waals surface area contributed by atoms with Crippen LogP contribution in [0.25, 0.3) is 0 Å². The lowest BCUT2D eigenvalue weighted by atomic mass is 10.0. The molecule has 0 unspecified atom stereocenters. The zero-order valence-electron chi connectivity index (χ0n) is 16.1. The van der Waals surface area contributed by atoms with Crippen molar-refractivity contribution in [3.8, 4) is 0 Å². The quantitative estimate of drug-likeness (QED) is 0.593. The summed E-state index contributed by atoms with van der Waals surface area (Å²) < 4.78 is 33.4. The fourth-order valence-corrected chi connectivity index (χ4v) is 6.49. The number of nitrogens with zero attached hydrogens (tertiary/aromatic N) is 2. The van der Waals surface area contributed by atoms with Crippen molar-refractivity contribution in [2.24, 2.45) is 0 Å². The minimum Gasteiger partial charge on any atom is -0.383 e. The van der Waals surface area contributed by atoms with E-state index in [4.69, 9.17) is 16.3 Å². The first-order valence-electron chi connectivity index (χ1n) is 9.52. The highest BCUT2D eigenvalue weighted by Gasteiger charge is 2.34. The van der Waals surface area contributed by atoms with E-state index in [1.165, 1.54) is 16.9 Å². The molecule has 2 aromatic rings. The summed E-state index contributed by atoms with van der Waals surface area (Å²) in [4.78, 5) is 2.41. The Bertz CT molecular complexity index is 818. The molecule has 0 spiro atoms. The van der Waals surface area contributed by atoms with Gasteiger partial charge in [-0.2, -0.15) is 4.31 Å². The van der Waals surface area contributed by atoms with Gasteiger partial charge in [0.15, 0.2) is 0 Å². The predicted octanol–water partition coefficient (Wildman–Crippen LogP) is 3.75. The van der Waals surface area contributed by atoms with Crippen molar-refractivity contribution in [2.45, 2.75) is 29.5 Å². The van der Waals surface area contributed by atoms with Gasteiger partial charge < -0.3 is 9.64 Å². The molecule has 0 saturated carbocycles. The molecule has 154 valence electrons. The minimum absolute atomic E-state index is 0.0223. The Morgan fingerprint density at radius 3 is 2.54 bits per heavy atom. The van der Waals surface area contributed by atoms with E-state index in [0.29, 0.717) is 17.4 Å². The van der Waals surface area contributed by atoms with Crippen molar-refractivity contribution in [2.75, 3.05) is 39.9 Å². The highest BCUT2D eigenvalue weighted by Crippen LogP contribution is 2.27. The van der Waals surface area contributed by atoms with Gasteiger partial charge in [0, 0.05) is 31.3 Å². The van der Waals surface area contributed by atoms with Crippen molar-refractivity contribution >= 4 is 33.0 Å². The van der Waals surface area contributed by atoms with E-state index in [-0.39, 0.29) is 6.04 Å². The number of piperidine rings is 1. The van der Waals surface area contributed by atoms with E-state index in [1.54, 1.807) is 28.9 Å². The summed E-state index contributed by atoms with van der Waals surface area (Å²) in [6.07, 6.45) is 2.66. The Morgan fingerprint density at radius 2 is 1.93 bits per heavy atom. The largest absolute Gasteiger partial charge is 0.383 e. The molecule has 5 nitrogen and oxygen atoms in total. The van der Waals surface area contributed by atoms with Crippen LogP contribution in [0.5, 0.6) is 0 Å². The summed E-state index contributed by atoms with van der Waals surface area (Å²) in [6.45, 7) is 3.58. The maximum atomic E-state index is 13.1. The zero-order chi connectivity index (χ0) is 20.0. The van der Waals surface area contributed by atoms with E-state index in [0.717, 1.165) is 43.9 Å². The van der Waals surface area contributed by atoms with Gasteiger partial charge in [-0.15, -0.1) is 11.3 Å². The van der Waals surface area contributed by atoms with Crippen LogP contribution in [0.15, 0.2) is 46.0 Å². The molecule has 1 aromatic carbocycles. The summed E-state index contributed by atoms with van der Waals surface area (Å²) in [6, 6.07) is 11.5. The number of rotatable bonds is 9. The third-order valence-electron chi connectivity index (χ3n) is 5.17. The van der Waals surface area contributed by atoms with Crippen LogP contribution in [0, 0.1) is 0 Å². The maximum absolute atomic E-state index is 13.1. The monoisotopic (exact) mass is 442 g/mol. The van der Waals surface area contributed by atoms with Gasteiger partial charge >= 0.3 is 0 Å². The van der Waals surface area contributed by atoms with Gasteiger partial charge in [-0.1, -0.05) is 29.8 Å². The molecular weight excluding hydrogens is 416 g/mol. The third-order valence-corrected chi connectivity index (χ3v) is 8.75. The Hall–Kier alpha value is -0.960. The molecule has 1 saturated heterocycles. The molecule has 1 aromatic heterocycles. The van der Waals surface area contributed by atoms with Gasteiger partial charge in [0.25, 0.3) is 10.0 Å². The van der Waals surface area contributed by atoms with Crippen LogP contribution in [0.4, 0.5) is 0 Å². The lowest BCUT2D eigenvalue weighted by Gasteiger charge is -2.37. The number of likely N-dealkylation sites (tertiary alicyclic amines) is 1.